The molecule has 5 heteroatoms. The van der Waals surface area contributed by atoms with Crippen LogP contribution in [0, 0.1) is 0 Å². The van der Waals surface area contributed by atoms with E-state index in [1.54, 1.807) is 47.2 Å². The van der Waals surface area contributed by atoms with Crippen molar-refractivity contribution in [2.45, 2.75) is 13.0 Å². The summed E-state index contributed by atoms with van der Waals surface area (Å²) in [5, 5.41) is 8.75. The Morgan fingerprint density at radius 2 is 2.00 bits per heavy atom. The zero-order valence-corrected chi connectivity index (χ0v) is 10.3. The van der Waals surface area contributed by atoms with Crippen LogP contribution in [0.2, 0.25) is 0 Å². The number of benzene rings is 1. The van der Waals surface area contributed by atoms with Gasteiger partial charge in [0.2, 0.25) is 0 Å². The Hall–Kier alpha value is -2.56. The fourth-order valence-electron chi connectivity index (χ4n) is 1.67. The number of aldehydes is 1. The smallest absolute Gasteiger partial charge is 0.344 e. The molecule has 0 amide bonds. The van der Waals surface area contributed by atoms with Gasteiger partial charge < -0.3 is 14.4 Å². The van der Waals surface area contributed by atoms with Gasteiger partial charge in [-0.15, -0.1) is 0 Å². The molecule has 1 N–H and O–H groups in total. The fraction of sp³-hybridized carbons (Fsp3) is 0.143. The summed E-state index contributed by atoms with van der Waals surface area (Å²) in [5.74, 6) is -0.545. The van der Waals surface area contributed by atoms with Crippen molar-refractivity contribution in [3.63, 3.8) is 0 Å². The van der Waals surface area contributed by atoms with Crippen LogP contribution in [0.5, 0.6) is 5.75 Å². The molecule has 2 aromatic rings. The summed E-state index contributed by atoms with van der Waals surface area (Å²) in [5.41, 5.74) is 1.36. The molecule has 0 aliphatic heterocycles. The molecule has 0 radical (unpaired) electrons. The molecule has 1 aromatic heterocycles. The van der Waals surface area contributed by atoms with E-state index < -0.39 is 12.1 Å². The Morgan fingerprint density at radius 3 is 2.58 bits per heavy atom. The average Bonchev–Trinajstić information content (AvgIpc) is 2.87. The Morgan fingerprint density at radius 1 is 1.32 bits per heavy atom. The summed E-state index contributed by atoms with van der Waals surface area (Å²) < 4.78 is 6.96. The molecule has 0 aliphatic rings. The van der Waals surface area contributed by atoms with Crippen LogP contribution >= 0.6 is 0 Å². The third-order valence-corrected chi connectivity index (χ3v) is 2.68. The first-order valence-electron chi connectivity index (χ1n) is 5.74. The molecule has 0 bridgehead atoms. The molecule has 1 unspecified atom stereocenters. The number of aliphatic carboxylic acids is 1. The number of rotatable bonds is 5. The molecule has 19 heavy (non-hydrogen) atoms. The van der Waals surface area contributed by atoms with Crippen molar-refractivity contribution in [2.75, 3.05) is 0 Å². The number of carbonyl (C=O) groups excluding carboxylic acids is 1. The Labute approximate surface area is 110 Å². The second-order valence-electron chi connectivity index (χ2n) is 4.01. The summed E-state index contributed by atoms with van der Waals surface area (Å²) in [4.78, 5) is 21.5. The van der Waals surface area contributed by atoms with E-state index >= 15 is 0 Å². The van der Waals surface area contributed by atoms with Crippen LogP contribution in [0.1, 0.15) is 17.4 Å². The lowest BCUT2D eigenvalue weighted by molar-refractivity contribution is -0.144. The zero-order chi connectivity index (χ0) is 13.8. The predicted molar refractivity (Wildman–Crippen MR) is 68.9 cm³/mol. The van der Waals surface area contributed by atoms with E-state index in [1.807, 2.05) is 0 Å². The highest BCUT2D eigenvalue weighted by Gasteiger charge is 2.12. The van der Waals surface area contributed by atoms with Crippen molar-refractivity contribution in [1.82, 2.24) is 4.57 Å². The molecule has 98 valence electrons. The minimum Gasteiger partial charge on any atom is -0.479 e. The third-order valence-electron chi connectivity index (χ3n) is 2.68. The van der Waals surface area contributed by atoms with Crippen LogP contribution < -0.4 is 4.74 Å². The van der Waals surface area contributed by atoms with Gasteiger partial charge in [-0.3, -0.25) is 4.79 Å². The minimum absolute atomic E-state index is 0.471. The van der Waals surface area contributed by atoms with E-state index in [0.29, 0.717) is 11.4 Å². The van der Waals surface area contributed by atoms with Crippen LogP contribution in [0.25, 0.3) is 5.69 Å². The molecule has 1 heterocycles. The van der Waals surface area contributed by atoms with Crippen molar-refractivity contribution >= 4 is 12.3 Å². The topological polar surface area (TPSA) is 68.5 Å². The standard InChI is InChI=1S/C14H13NO4/c1-10(14(17)18)19-13-6-4-11(5-7-13)15-8-2-3-12(15)9-16/h2-10H,1H3,(H,17,18). The Kier molecular flexibility index (Phi) is 3.66. The Balaban J connectivity index is 2.19. The highest BCUT2D eigenvalue weighted by atomic mass is 16.5. The van der Waals surface area contributed by atoms with E-state index in [9.17, 15) is 9.59 Å². The van der Waals surface area contributed by atoms with Crippen molar-refractivity contribution < 1.29 is 19.4 Å². The summed E-state index contributed by atoms with van der Waals surface area (Å²) in [6.45, 7) is 1.46. The lowest BCUT2D eigenvalue weighted by Gasteiger charge is -2.11. The maximum atomic E-state index is 10.8. The molecular formula is C14H13NO4. The van der Waals surface area contributed by atoms with Gasteiger partial charge in [-0.1, -0.05) is 0 Å². The van der Waals surface area contributed by atoms with Crippen LogP contribution in [-0.2, 0) is 4.79 Å². The molecule has 1 atom stereocenters. The number of hydrogen-bond acceptors (Lipinski definition) is 3. The molecule has 0 saturated carbocycles. The normalized spacial score (nSPS) is 11.8. The fourth-order valence-corrected chi connectivity index (χ4v) is 1.67. The van der Waals surface area contributed by atoms with Crippen molar-refractivity contribution in [2.24, 2.45) is 0 Å². The van der Waals surface area contributed by atoms with Gasteiger partial charge in [0.05, 0.1) is 5.69 Å². The SMILES string of the molecule is CC(Oc1ccc(-n2cccc2C=O)cc1)C(=O)O. The molecule has 0 spiro atoms. The van der Waals surface area contributed by atoms with Gasteiger partial charge in [0.1, 0.15) is 5.75 Å². The molecule has 0 aliphatic carbocycles. The number of aromatic nitrogens is 1. The van der Waals surface area contributed by atoms with Crippen LogP contribution in [-0.4, -0.2) is 28.0 Å². The van der Waals surface area contributed by atoms with E-state index in [2.05, 4.69) is 0 Å². The molecular weight excluding hydrogens is 246 g/mol. The minimum atomic E-state index is -1.02. The molecule has 0 fully saturated rings. The van der Waals surface area contributed by atoms with Gasteiger partial charge in [-0.25, -0.2) is 4.79 Å². The summed E-state index contributed by atoms with van der Waals surface area (Å²) in [6.07, 6.45) is 1.65. The summed E-state index contributed by atoms with van der Waals surface area (Å²) in [6, 6.07) is 10.4. The molecule has 5 nitrogen and oxygen atoms in total. The van der Waals surface area contributed by atoms with Crippen molar-refractivity contribution in [3.05, 3.63) is 48.3 Å². The first-order valence-corrected chi connectivity index (χ1v) is 5.74. The molecule has 1 aromatic carbocycles. The summed E-state index contributed by atoms with van der Waals surface area (Å²) >= 11 is 0. The molecule has 0 saturated heterocycles. The monoisotopic (exact) mass is 259 g/mol. The summed E-state index contributed by atoms with van der Waals surface area (Å²) in [7, 11) is 0. The maximum Gasteiger partial charge on any atom is 0.344 e. The van der Waals surface area contributed by atoms with Gasteiger partial charge >= 0.3 is 5.97 Å². The lowest BCUT2D eigenvalue weighted by Crippen LogP contribution is -2.22. The lowest BCUT2D eigenvalue weighted by atomic mass is 10.3. The van der Waals surface area contributed by atoms with Crippen molar-refractivity contribution in [1.29, 1.82) is 0 Å². The van der Waals surface area contributed by atoms with E-state index in [0.717, 1.165) is 12.0 Å². The largest absolute Gasteiger partial charge is 0.479 e. The number of ether oxygens (including phenoxy) is 1. The number of hydrogen-bond donors (Lipinski definition) is 1. The average molecular weight is 259 g/mol. The number of nitrogens with zero attached hydrogens (tertiary/aromatic N) is 1. The zero-order valence-electron chi connectivity index (χ0n) is 10.3. The van der Waals surface area contributed by atoms with Crippen molar-refractivity contribution in [3.8, 4) is 11.4 Å². The maximum absolute atomic E-state index is 10.8. The highest BCUT2D eigenvalue weighted by molar-refractivity contribution is 5.74. The number of carboxylic acid groups (broad SMARTS) is 1. The Bertz CT molecular complexity index is 586. The van der Waals surface area contributed by atoms with E-state index in [-0.39, 0.29) is 0 Å². The van der Waals surface area contributed by atoms with Crippen LogP contribution in [0.4, 0.5) is 0 Å². The van der Waals surface area contributed by atoms with E-state index in [4.69, 9.17) is 9.84 Å². The van der Waals surface area contributed by atoms with Crippen LogP contribution in [0.15, 0.2) is 42.6 Å². The predicted octanol–water partition coefficient (Wildman–Crippen LogP) is 2.14. The second-order valence-corrected chi connectivity index (χ2v) is 4.01. The second kappa shape index (κ2) is 5.39. The van der Waals surface area contributed by atoms with Crippen LogP contribution in [0.3, 0.4) is 0 Å². The van der Waals surface area contributed by atoms with Gasteiger partial charge in [0, 0.05) is 11.9 Å². The van der Waals surface area contributed by atoms with Gasteiger partial charge in [-0.2, -0.15) is 0 Å². The quantitative estimate of drug-likeness (QED) is 0.835. The van der Waals surface area contributed by atoms with Gasteiger partial charge in [0.25, 0.3) is 0 Å². The third kappa shape index (κ3) is 2.82. The molecule has 2 rings (SSSR count). The number of carbonyl (C=O) groups is 2. The van der Waals surface area contributed by atoms with E-state index in [1.165, 1.54) is 6.92 Å². The first kappa shape index (κ1) is 12.9. The highest BCUT2D eigenvalue weighted by Crippen LogP contribution is 2.18. The van der Waals surface area contributed by atoms with Gasteiger partial charge in [0.15, 0.2) is 12.4 Å². The first-order chi connectivity index (χ1) is 9.11. The van der Waals surface area contributed by atoms with Gasteiger partial charge in [-0.05, 0) is 43.3 Å². The number of carboxylic acids is 1.